The lowest BCUT2D eigenvalue weighted by molar-refractivity contribution is 0.0693. The van der Waals surface area contributed by atoms with Crippen LogP contribution in [-0.4, -0.2) is 15.5 Å². The van der Waals surface area contributed by atoms with Gasteiger partial charge in [-0.15, -0.1) is 0 Å². The van der Waals surface area contributed by atoms with Crippen LogP contribution in [0, 0.1) is 6.92 Å². The van der Waals surface area contributed by atoms with E-state index in [0.29, 0.717) is 27.7 Å². The van der Waals surface area contributed by atoms with Gasteiger partial charge in [0, 0.05) is 6.20 Å². The molecule has 4 rings (SSSR count). The molecule has 0 unspecified atom stereocenters. The van der Waals surface area contributed by atoms with Gasteiger partial charge < -0.3 is 10.8 Å². The van der Waals surface area contributed by atoms with E-state index in [0.717, 1.165) is 40.6 Å². The number of carbonyl (C=O) groups is 1. The molecule has 0 radical (unpaired) electrons. The summed E-state index contributed by atoms with van der Waals surface area (Å²) in [7, 11) is 0. The lowest BCUT2D eigenvalue weighted by Crippen LogP contribution is -2.26. The summed E-state index contributed by atoms with van der Waals surface area (Å²) in [4.78, 5) is 24.9. The third-order valence-corrected chi connectivity index (χ3v) is 6.27. The van der Waals surface area contributed by atoms with Crippen molar-refractivity contribution in [3.63, 3.8) is 0 Å². The van der Waals surface area contributed by atoms with Crippen molar-refractivity contribution in [2.45, 2.75) is 39.0 Å². The van der Waals surface area contributed by atoms with Crippen LogP contribution < -0.4 is 11.3 Å². The van der Waals surface area contributed by atoms with Crippen LogP contribution >= 0.6 is 23.2 Å². The van der Waals surface area contributed by atoms with Gasteiger partial charge in [-0.2, -0.15) is 0 Å². The lowest BCUT2D eigenvalue weighted by Gasteiger charge is -2.19. The number of benzene rings is 1. The average Bonchev–Trinajstić information content (AvgIpc) is 3.50. The van der Waals surface area contributed by atoms with E-state index in [4.69, 9.17) is 28.9 Å². The van der Waals surface area contributed by atoms with Crippen LogP contribution in [0.3, 0.4) is 0 Å². The minimum atomic E-state index is -1.18. The number of aromatic nitrogens is 1. The number of carboxylic acid groups (broad SMARTS) is 1. The molecule has 1 aromatic carbocycles. The van der Waals surface area contributed by atoms with E-state index >= 15 is 0 Å². The second kappa shape index (κ2) is 7.08. The molecule has 0 aliphatic heterocycles. The van der Waals surface area contributed by atoms with Crippen LogP contribution in [-0.2, 0) is 6.42 Å². The summed E-state index contributed by atoms with van der Waals surface area (Å²) < 4.78 is 1.47. The normalized spacial score (nSPS) is 13.8. The van der Waals surface area contributed by atoms with Crippen molar-refractivity contribution in [1.29, 1.82) is 0 Å². The second-order valence-corrected chi connectivity index (χ2v) is 8.25. The van der Waals surface area contributed by atoms with E-state index in [1.165, 1.54) is 4.40 Å². The topological polar surface area (TPSA) is 84.8 Å². The molecule has 2 heterocycles. The predicted octanol–water partition coefficient (Wildman–Crippen LogP) is 5.30. The molecular weight excluding hydrogens is 411 g/mol. The molecule has 1 fully saturated rings. The molecule has 150 valence electrons. The minimum absolute atomic E-state index is 0.127. The zero-order chi connectivity index (χ0) is 21.0. The standard InChI is InChI=1S/C22H20Cl2N2O3/c1-3-13-17(11-4-5-11)20-10(2)14(12-8-15(23)19(25)16(24)9-12)6-7-26(20)21(27)18(13)22(28)29/h6-9,11H,3-5,25H2,1-2H3,(H,28,29). The number of halogens is 2. The number of aromatic carboxylic acids is 1. The first-order valence-electron chi connectivity index (χ1n) is 9.45. The highest BCUT2D eigenvalue weighted by Crippen LogP contribution is 2.46. The van der Waals surface area contributed by atoms with E-state index in [1.807, 2.05) is 13.8 Å². The number of anilines is 1. The second-order valence-electron chi connectivity index (χ2n) is 7.43. The fourth-order valence-electron chi connectivity index (χ4n) is 4.14. The number of nitrogen functional groups attached to an aromatic ring is 1. The third-order valence-electron chi connectivity index (χ3n) is 5.65. The maximum absolute atomic E-state index is 13.0. The molecule has 0 atom stereocenters. The van der Waals surface area contributed by atoms with Crippen molar-refractivity contribution in [2.24, 2.45) is 0 Å². The summed E-state index contributed by atoms with van der Waals surface area (Å²) in [6, 6.07) is 5.29. The molecule has 29 heavy (non-hydrogen) atoms. The van der Waals surface area contributed by atoms with Gasteiger partial charge in [0.2, 0.25) is 0 Å². The smallest absolute Gasteiger partial charge is 0.341 e. The van der Waals surface area contributed by atoms with E-state index < -0.39 is 11.5 Å². The zero-order valence-electron chi connectivity index (χ0n) is 16.1. The van der Waals surface area contributed by atoms with Crippen molar-refractivity contribution in [3.05, 3.63) is 67.0 Å². The minimum Gasteiger partial charge on any atom is -0.477 e. The number of hydrogen-bond acceptors (Lipinski definition) is 3. The molecule has 0 amide bonds. The Morgan fingerprint density at radius 3 is 2.41 bits per heavy atom. The van der Waals surface area contributed by atoms with Crippen LogP contribution in [0.1, 0.15) is 52.7 Å². The molecule has 1 aliphatic rings. The molecular formula is C22H20Cl2N2O3. The van der Waals surface area contributed by atoms with Crippen molar-refractivity contribution >= 4 is 40.4 Å². The summed E-state index contributed by atoms with van der Waals surface area (Å²) in [5, 5.41) is 10.4. The number of nitrogens with zero attached hydrogens (tertiary/aromatic N) is 1. The predicted molar refractivity (Wildman–Crippen MR) is 117 cm³/mol. The number of fused-ring (bicyclic) bond motifs is 1. The van der Waals surface area contributed by atoms with Gasteiger partial charge in [0.25, 0.3) is 5.56 Å². The number of aryl methyl sites for hydroxylation is 1. The molecule has 3 N–H and O–H groups in total. The van der Waals surface area contributed by atoms with Crippen LogP contribution in [0.4, 0.5) is 5.69 Å². The molecule has 3 aromatic rings. The average molecular weight is 431 g/mol. The number of hydrogen-bond donors (Lipinski definition) is 2. The SMILES string of the molecule is CCc1c(C(=O)O)c(=O)n2ccc(-c3cc(Cl)c(N)c(Cl)c3)c(C)c2c1C1CC1. The molecule has 1 aliphatic carbocycles. The van der Waals surface area contributed by atoms with Crippen molar-refractivity contribution in [2.75, 3.05) is 5.73 Å². The largest absolute Gasteiger partial charge is 0.477 e. The molecule has 1 saturated carbocycles. The van der Waals surface area contributed by atoms with Crippen molar-refractivity contribution in [1.82, 2.24) is 4.40 Å². The van der Waals surface area contributed by atoms with Crippen molar-refractivity contribution < 1.29 is 9.90 Å². The van der Waals surface area contributed by atoms with Crippen LogP contribution in [0.2, 0.25) is 10.0 Å². The number of pyridine rings is 2. The molecule has 0 bridgehead atoms. The van der Waals surface area contributed by atoms with Gasteiger partial charge in [-0.25, -0.2) is 4.79 Å². The Labute approximate surface area is 177 Å². The Morgan fingerprint density at radius 1 is 1.28 bits per heavy atom. The highest BCUT2D eigenvalue weighted by atomic mass is 35.5. The van der Waals surface area contributed by atoms with Gasteiger partial charge >= 0.3 is 5.97 Å². The summed E-state index contributed by atoms with van der Waals surface area (Å²) in [6.45, 7) is 3.83. The quantitative estimate of drug-likeness (QED) is 0.549. The zero-order valence-corrected chi connectivity index (χ0v) is 17.6. The fraction of sp³-hybridized carbons (Fsp3) is 0.273. The first-order valence-corrected chi connectivity index (χ1v) is 10.2. The molecule has 2 aromatic heterocycles. The molecule has 5 nitrogen and oxygen atoms in total. The summed E-state index contributed by atoms with van der Waals surface area (Å²) >= 11 is 12.5. The number of rotatable bonds is 4. The van der Waals surface area contributed by atoms with Gasteiger partial charge in [0.15, 0.2) is 0 Å². The monoisotopic (exact) mass is 430 g/mol. The van der Waals surface area contributed by atoms with Gasteiger partial charge in [-0.3, -0.25) is 9.20 Å². The van der Waals surface area contributed by atoms with E-state index in [9.17, 15) is 14.7 Å². The third kappa shape index (κ3) is 3.09. The first kappa shape index (κ1) is 19.8. The molecule has 0 spiro atoms. The van der Waals surface area contributed by atoms with Gasteiger partial charge in [0.1, 0.15) is 5.56 Å². The van der Waals surface area contributed by atoms with Gasteiger partial charge in [0.05, 0.1) is 21.2 Å². The number of carboxylic acids is 1. The van der Waals surface area contributed by atoms with Crippen LogP contribution in [0.15, 0.2) is 29.2 Å². The van der Waals surface area contributed by atoms with Crippen LogP contribution in [0.5, 0.6) is 0 Å². The Kier molecular flexibility index (Phi) is 4.83. The summed E-state index contributed by atoms with van der Waals surface area (Å²) in [6.07, 6.45) is 4.10. The van der Waals surface area contributed by atoms with E-state index in [2.05, 4.69) is 0 Å². The highest BCUT2D eigenvalue weighted by molar-refractivity contribution is 6.39. The highest BCUT2D eigenvalue weighted by Gasteiger charge is 2.33. The van der Waals surface area contributed by atoms with E-state index in [-0.39, 0.29) is 11.5 Å². The maximum Gasteiger partial charge on any atom is 0.341 e. The first-order chi connectivity index (χ1) is 13.8. The van der Waals surface area contributed by atoms with Gasteiger partial charge in [-0.1, -0.05) is 30.1 Å². The fourth-order valence-corrected chi connectivity index (χ4v) is 4.62. The summed E-state index contributed by atoms with van der Waals surface area (Å²) in [5.41, 5.74) is 10.5. The Balaban J connectivity index is 2.12. The molecule has 0 saturated heterocycles. The van der Waals surface area contributed by atoms with Crippen molar-refractivity contribution in [3.8, 4) is 11.1 Å². The van der Waals surface area contributed by atoms with Gasteiger partial charge in [-0.05, 0) is 78.1 Å². The molecule has 7 heteroatoms. The van der Waals surface area contributed by atoms with E-state index in [1.54, 1.807) is 24.4 Å². The number of nitrogens with two attached hydrogens (primary N) is 1. The lowest BCUT2D eigenvalue weighted by atomic mass is 9.91. The summed E-state index contributed by atoms with van der Waals surface area (Å²) in [5.74, 6) is -0.909. The Hall–Kier alpha value is -2.50. The maximum atomic E-state index is 13.0. The Bertz CT molecular complexity index is 1220. The Morgan fingerprint density at radius 2 is 1.90 bits per heavy atom. The van der Waals surface area contributed by atoms with Crippen LogP contribution in [0.25, 0.3) is 16.6 Å².